The molecule has 0 heterocycles. The van der Waals surface area contributed by atoms with Crippen LogP contribution >= 0.6 is 28.3 Å². The third-order valence-electron chi connectivity index (χ3n) is 1.74. The molecule has 0 aliphatic heterocycles. The molecule has 0 atom stereocenters. The summed E-state index contributed by atoms with van der Waals surface area (Å²) in [5.41, 5.74) is 6.04. The number of nitrogens with two attached hydrogens (primary N) is 1. The van der Waals surface area contributed by atoms with E-state index >= 15 is 0 Å². The van der Waals surface area contributed by atoms with Gasteiger partial charge in [0.1, 0.15) is 0 Å². The minimum absolute atomic E-state index is 0. The Kier molecular flexibility index (Phi) is 4.60. The summed E-state index contributed by atoms with van der Waals surface area (Å²) in [4.78, 5) is 0. The molecule has 0 amide bonds. The van der Waals surface area contributed by atoms with Gasteiger partial charge >= 0.3 is 0 Å². The minimum atomic E-state index is 0. The zero-order valence-electron chi connectivity index (χ0n) is 7.02. The van der Waals surface area contributed by atoms with E-state index in [0.29, 0.717) is 0 Å². The SMILES string of the molecule is Cc1cc(Br)c(NN)cc1C.Cl. The summed E-state index contributed by atoms with van der Waals surface area (Å²) in [5, 5.41) is 0. The highest BCUT2D eigenvalue weighted by Gasteiger charge is 1.99. The Morgan fingerprint density at radius 2 is 1.75 bits per heavy atom. The van der Waals surface area contributed by atoms with Crippen molar-refractivity contribution in [2.24, 2.45) is 5.84 Å². The van der Waals surface area contributed by atoms with Crippen molar-refractivity contribution in [2.45, 2.75) is 13.8 Å². The number of hydrogen-bond donors (Lipinski definition) is 2. The van der Waals surface area contributed by atoms with Crippen LogP contribution < -0.4 is 11.3 Å². The van der Waals surface area contributed by atoms with Gasteiger partial charge in [0.05, 0.1) is 5.69 Å². The van der Waals surface area contributed by atoms with Gasteiger partial charge in [-0.05, 0) is 53.0 Å². The van der Waals surface area contributed by atoms with E-state index in [2.05, 4.69) is 35.2 Å². The molecule has 0 spiro atoms. The van der Waals surface area contributed by atoms with Gasteiger partial charge in [0.25, 0.3) is 0 Å². The van der Waals surface area contributed by atoms with Crippen LogP contribution in [0, 0.1) is 13.8 Å². The van der Waals surface area contributed by atoms with E-state index in [1.165, 1.54) is 11.1 Å². The molecule has 0 bridgehead atoms. The highest BCUT2D eigenvalue weighted by molar-refractivity contribution is 9.10. The van der Waals surface area contributed by atoms with Crippen LogP contribution in [0.25, 0.3) is 0 Å². The summed E-state index contributed by atoms with van der Waals surface area (Å²) in [7, 11) is 0. The summed E-state index contributed by atoms with van der Waals surface area (Å²) in [6, 6.07) is 4.06. The molecule has 68 valence electrons. The van der Waals surface area contributed by atoms with Crippen LogP contribution in [0.4, 0.5) is 5.69 Å². The van der Waals surface area contributed by atoms with Gasteiger partial charge in [0.15, 0.2) is 0 Å². The third kappa shape index (κ3) is 2.37. The van der Waals surface area contributed by atoms with E-state index < -0.39 is 0 Å². The monoisotopic (exact) mass is 250 g/mol. The smallest absolute Gasteiger partial charge is 0.0630 e. The highest BCUT2D eigenvalue weighted by Crippen LogP contribution is 2.24. The lowest BCUT2D eigenvalue weighted by Gasteiger charge is -2.06. The molecule has 1 aromatic rings. The number of nitrogens with one attached hydrogen (secondary N) is 1. The Balaban J connectivity index is 0.00000121. The maximum atomic E-state index is 5.29. The number of halogens is 2. The Hall–Kier alpha value is -0.250. The first kappa shape index (κ1) is 11.8. The summed E-state index contributed by atoms with van der Waals surface area (Å²) < 4.78 is 1.00. The molecule has 0 aliphatic rings. The summed E-state index contributed by atoms with van der Waals surface area (Å²) in [6.45, 7) is 4.13. The highest BCUT2D eigenvalue weighted by atomic mass is 79.9. The molecular weight excluding hydrogens is 239 g/mol. The quantitative estimate of drug-likeness (QED) is 0.595. The van der Waals surface area contributed by atoms with Crippen molar-refractivity contribution in [1.29, 1.82) is 0 Å². The van der Waals surface area contributed by atoms with Crippen LogP contribution in [0.3, 0.4) is 0 Å². The second kappa shape index (κ2) is 4.70. The maximum absolute atomic E-state index is 5.29. The fourth-order valence-corrected chi connectivity index (χ4v) is 1.46. The first-order valence-corrected chi connectivity index (χ1v) is 4.18. The average Bonchev–Trinajstić information content (AvgIpc) is 1.97. The average molecular weight is 252 g/mol. The second-order valence-corrected chi connectivity index (χ2v) is 3.41. The van der Waals surface area contributed by atoms with Crippen molar-refractivity contribution in [3.05, 3.63) is 27.7 Å². The summed E-state index contributed by atoms with van der Waals surface area (Å²) in [6.07, 6.45) is 0. The van der Waals surface area contributed by atoms with Gasteiger partial charge in [-0.15, -0.1) is 12.4 Å². The Morgan fingerprint density at radius 3 is 2.25 bits per heavy atom. The molecule has 0 saturated heterocycles. The lowest BCUT2D eigenvalue weighted by Crippen LogP contribution is -2.07. The lowest BCUT2D eigenvalue weighted by molar-refractivity contribution is 1.28. The van der Waals surface area contributed by atoms with Gasteiger partial charge in [0.2, 0.25) is 0 Å². The van der Waals surface area contributed by atoms with Gasteiger partial charge in [-0.25, -0.2) is 0 Å². The number of aryl methyl sites for hydroxylation is 2. The summed E-state index contributed by atoms with van der Waals surface area (Å²) in [5.74, 6) is 5.29. The first-order chi connectivity index (χ1) is 5.15. The Bertz CT molecular complexity index is 276. The van der Waals surface area contributed by atoms with Gasteiger partial charge in [-0.1, -0.05) is 0 Å². The van der Waals surface area contributed by atoms with Crippen LogP contribution in [0.15, 0.2) is 16.6 Å². The molecule has 0 aliphatic carbocycles. The molecule has 1 aromatic carbocycles. The number of hydrazine groups is 1. The first-order valence-electron chi connectivity index (χ1n) is 3.38. The standard InChI is InChI=1S/C8H11BrN2.ClH/c1-5-3-7(9)8(11-10)4-6(5)2;/h3-4,11H,10H2,1-2H3;1H. The molecule has 0 radical (unpaired) electrons. The number of nitrogen functional groups attached to an aromatic ring is 1. The topological polar surface area (TPSA) is 38.0 Å². The third-order valence-corrected chi connectivity index (χ3v) is 2.39. The molecule has 12 heavy (non-hydrogen) atoms. The zero-order chi connectivity index (χ0) is 8.43. The van der Waals surface area contributed by atoms with Crippen molar-refractivity contribution < 1.29 is 0 Å². The van der Waals surface area contributed by atoms with Crippen LogP contribution in [0.5, 0.6) is 0 Å². The molecular formula is C8H12BrClN2. The Morgan fingerprint density at radius 1 is 1.25 bits per heavy atom. The molecule has 4 heteroatoms. The number of rotatable bonds is 1. The van der Waals surface area contributed by atoms with Crippen molar-refractivity contribution in [3.8, 4) is 0 Å². The van der Waals surface area contributed by atoms with Gasteiger partial charge in [-0.2, -0.15) is 0 Å². The summed E-state index contributed by atoms with van der Waals surface area (Å²) >= 11 is 3.40. The molecule has 1 rings (SSSR count). The normalized spacial score (nSPS) is 9.00. The predicted octanol–water partition coefficient (Wildman–Crippen LogP) is 2.77. The van der Waals surface area contributed by atoms with Crippen molar-refractivity contribution in [2.75, 3.05) is 5.43 Å². The molecule has 0 saturated carbocycles. The van der Waals surface area contributed by atoms with E-state index in [9.17, 15) is 0 Å². The van der Waals surface area contributed by atoms with E-state index in [1.54, 1.807) is 0 Å². The van der Waals surface area contributed by atoms with Crippen LogP contribution in [-0.4, -0.2) is 0 Å². The van der Waals surface area contributed by atoms with Crippen molar-refractivity contribution in [3.63, 3.8) is 0 Å². The van der Waals surface area contributed by atoms with Crippen LogP contribution in [0.1, 0.15) is 11.1 Å². The molecule has 2 nitrogen and oxygen atoms in total. The van der Waals surface area contributed by atoms with Crippen molar-refractivity contribution >= 4 is 34.0 Å². The minimum Gasteiger partial charge on any atom is -0.323 e. The second-order valence-electron chi connectivity index (χ2n) is 2.56. The van der Waals surface area contributed by atoms with E-state index in [1.807, 2.05) is 12.1 Å². The molecule has 0 fully saturated rings. The maximum Gasteiger partial charge on any atom is 0.0630 e. The molecule has 3 N–H and O–H groups in total. The van der Waals surface area contributed by atoms with Gasteiger partial charge in [0, 0.05) is 4.47 Å². The number of hydrogen-bond acceptors (Lipinski definition) is 2. The lowest BCUT2D eigenvalue weighted by atomic mass is 10.1. The fraction of sp³-hybridized carbons (Fsp3) is 0.250. The van der Waals surface area contributed by atoms with Crippen LogP contribution in [0.2, 0.25) is 0 Å². The Labute approximate surface area is 87.0 Å². The molecule has 0 aromatic heterocycles. The largest absolute Gasteiger partial charge is 0.323 e. The van der Waals surface area contributed by atoms with Crippen molar-refractivity contribution in [1.82, 2.24) is 0 Å². The van der Waals surface area contributed by atoms with E-state index in [0.717, 1.165) is 10.2 Å². The number of benzene rings is 1. The predicted molar refractivity (Wildman–Crippen MR) is 58.7 cm³/mol. The molecule has 0 unspecified atom stereocenters. The number of anilines is 1. The van der Waals surface area contributed by atoms with Gasteiger partial charge in [-0.3, -0.25) is 5.84 Å². The van der Waals surface area contributed by atoms with Crippen LogP contribution in [-0.2, 0) is 0 Å². The zero-order valence-corrected chi connectivity index (χ0v) is 9.42. The van der Waals surface area contributed by atoms with E-state index in [-0.39, 0.29) is 12.4 Å². The van der Waals surface area contributed by atoms with E-state index in [4.69, 9.17) is 5.84 Å². The van der Waals surface area contributed by atoms with Gasteiger partial charge < -0.3 is 5.43 Å². The fourth-order valence-electron chi connectivity index (χ4n) is 0.892.